The lowest BCUT2D eigenvalue weighted by molar-refractivity contribution is -0.121. The van der Waals surface area contributed by atoms with Crippen molar-refractivity contribution in [2.45, 2.75) is 19.3 Å². The maximum absolute atomic E-state index is 12.0. The molecular weight excluding hydrogens is 374 g/mol. The third-order valence-corrected chi connectivity index (χ3v) is 4.88. The number of para-hydroxylation sites is 1. The Labute approximate surface area is 166 Å². The van der Waals surface area contributed by atoms with Gasteiger partial charge in [0.15, 0.2) is 0 Å². The molecule has 0 aliphatic rings. The predicted molar refractivity (Wildman–Crippen MR) is 106 cm³/mol. The number of nitrogens with zero attached hydrogens (tertiary/aromatic N) is 4. The first-order valence-corrected chi connectivity index (χ1v) is 9.93. The fraction of sp³-hybridized carbons (Fsp3) is 0.200. The zero-order valence-corrected chi connectivity index (χ0v) is 15.9. The number of thiophene rings is 1. The topological polar surface area (TPSA) is 85.8 Å². The maximum atomic E-state index is 12.0. The fourth-order valence-electron chi connectivity index (χ4n) is 2.72. The molecule has 28 heavy (non-hydrogen) atoms. The van der Waals surface area contributed by atoms with Crippen LogP contribution < -0.4 is 5.32 Å². The second-order valence-corrected chi connectivity index (χ2v) is 7.02. The normalized spacial score (nSPS) is 10.9. The van der Waals surface area contributed by atoms with Crippen LogP contribution in [-0.2, 0) is 17.6 Å². The van der Waals surface area contributed by atoms with Crippen molar-refractivity contribution in [3.05, 3.63) is 71.0 Å². The number of rotatable bonds is 8. The van der Waals surface area contributed by atoms with E-state index in [0.29, 0.717) is 31.2 Å². The molecule has 3 heterocycles. The highest BCUT2D eigenvalue weighted by atomic mass is 32.1. The Morgan fingerprint density at radius 2 is 2.04 bits per heavy atom. The van der Waals surface area contributed by atoms with E-state index in [1.54, 1.807) is 11.3 Å². The minimum Gasteiger partial charge on any atom is -0.421 e. The highest BCUT2D eigenvalue weighted by molar-refractivity contribution is 7.08. The van der Waals surface area contributed by atoms with Crippen LogP contribution in [0.4, 0.5) is 0 Å². The molecule has 1 aromatic carbocycles. The molecule has 0 atom stereocenters. The molecule has 142 valence electrons. The van der Waals surface area contributed by atoms with Gasteiger partial charge in [0.2, 0.25) is 17.7 Å². The summed E-state index contributed by atoms with van der Waals surface area (Å²) < 4.78 is 7.42. The summed E-state index contributed by atoms with van der Waals surface area (Å²) >= 11 is 1.57. The molecule has 4 rings (SSSR count). The summed E-state index contributed by atoms with van der Waals surface area (Å²) in [6.45, 7) is 0.559. The number of hydrogen-bond acceptors (Lipinski definition) is 6. The van der Waals surface area contributed by atoms with Crippen molar-refractivity contribution in [3.8, 4) is 17.1 Å². The van der Waals surface area contributed by atoms with Gasteiger partial charge in [-0.25, -0.2) is 4.68 Å². The van der Waals surface area contributed by atoms with E-state index >= 15 is 0 Å². The molecule has 1 amide bonds. The lowest BCUT2D eigenvalue weighted by atomic mass is 10.2. The summed E-state index contributed by atoms with van der Waals surface area (Å²) in [6.07, 6.45) is 5.26. The number of nitrogens with one attached hydrogen (secondary N) is 1. The van der Waals surface area contributed by atoms with Crippen molar-refractivity contribution < 1.29 is 9.21 Å². The van der Waals surface area contributed by atoms with Crippen molar-refractivity contribution in [1.82, 2.24) is 25.3 Å². The number of carbonyl (C=O) groups excluding carboxylic acids is 1. The van der Waals surface area contributed by atoms with E-state index in [9.17, 15) is 4.79 Å². The molecule has 1 N–H and O–H groups in total. The molecule has 0 radical (unpaired) electrons. The van der Waals surface area contributed by atoms with E-state index in [2.05, 4.69) is 20.6 Å². The monoisotopic (exact) mass is 393 g/mol. The summed E-state index contributed by atoms with van der Waals surface area (Å²) in [5, 5.41) is 19.2. The average molecular weight is 393 g/mol. The molecule has 3 aromatic heterocycles. The molecule has 4 aromatic rings. The maximum Gasteiger partial charge on any atom is 0.248 e. The summed E-state index contributed by atoms with van der Waals surface area (Å²) in [7, 11) is 0. The molecular formula is C20H19N5O2S. The number of amides is 1. The van der Waals surface area contributed by atoms with E-state index in [4.69, 9.17) is 4.42 Å². The van der Waals surface area contributed by atoms with Gasteiger partial charge in [0.1, 0.15) is 0 Å². The average Bonchev–Trinajstić information content (AvgIpc) is 3.48. The highest BCUT2D eigenvalue weighted by Crippen LogP contribution is 2.20. The summed E-state index contributed by atoms with van der Waals surface area (Å²) in [5.41, 5.74) is 2.99. The molecule has 8 heteroatoms. The third-order valence-electron chi connectivity index (χ3n) is 4.19. The Kier molecular flexibility index (Phi) is 5.58. The van der Waals surface area contributed by atoms with Gasteiger partial charge in [-0.1, -0.05) is 18.2 Å². The number of hydrogen-bond donors (Lipinski definition) is 1. The fourth-order valence-corrected chi connectivity index (χ4v) is 3.35. The van der Waals surface area contributed by atoms with Crippen LogP contribution in [-0.4, -0.2) is 32.4 Å². The van der Waals surface area contributed by atoms with E-state index in [0.717, 1.165) is 23.2 Å². The molecule has 7 nitrogen and oxygen atoms in total. The highest BCUT2D eigenvalue weighted by Gasteiger charge is 2.11. The van der Waals surface area contributed by atoms with E-state index < -0.39 is 0 Å². The van der Waals surface area contributed by atoms with Crippen LogP contribution in [0.1, 0.15) is 17.9 Å². The van der Waals surface area contributed by atoms with Gasteiger partial charge in [0.05, 0.1) is 11.9 Å². The Bertz CT molecular complexity index is 1020. The van der Waals surface area contributed by atoms with Gasteiger partial charge in [-0.2, -0.15) is 16.4 Å². The van der Waals surface area contributed by atoms with Crippen molar-refractivity contribution in [1.29, 1.82) is 0 Å². The first-order chi connectivity index (χ1) is 13.8. The van der Waals surface area contributed by atoms with Gasteiger partial charge in [0, 0.05) is 36.5 Å². The first kappa shape index (κ1) is 18.1. The van der Waals surface area contributed by atoms with Gasteiger partial charge < -0.3 is 9.73 Å². The van der Waals surface area contributed by atoms with Crippen molar-refractivity contribution in [2.75, 3.05) is 6.54 Å². The van der Waals surface area contributed by atoms with E-state index in [1.807, 2.05) is 64.2 Å². The van der Waals surface area contributed by atoms with E-state index in [1.165, 1.54) is 0 Å². The molecule has 0 spiro atoms. The van der Waals surface area contributed by atoms with Crippen LogP contribution in [0.15, 0.2) is 64.0 Å². The number of benzene rings is 1. The molecule has 0 saturated heterocycles. The van der Waals surface area contributed by atoms with Crippen LogP contribution >= 0.6 is 11.3 Å². The summed E-state index contributed by atoms with van der Waals surface area (Å²) in [5.74, 6) is 0.929. The Balaban J connectivity index is 1.21. The van der Waals surface area contributed by atoms with Crippen LogP contribution in [0.2, 0.25) is 0 Å². The van der Waals surface area contributed by atoms with Crippen molar-refractivity contribution in [3.63, 3.8) is 0 Å². The van der Waals surface area contributed by atoms with Crippen molar-refractivity contribution in [2.24, 2.45) is 0 Å². The van der Waals surface area contributed by atoms with Gasteiger partial charge in [-0.3, -0.25) is 4.79 Å². The van der Waals surface area contributed by atoms with Gasteiger partial charge in [0.25, 0.3) is 0 Å². The van der Waals surface area contributed by atoms with Gasteiger partial charge in [-0.15, -0.1) is 10.2 Å². The summed E-state index contributed by atoms with van der Waals surface area (Å²) in [6, 6.07) is 11.8. The number of aromatic nitrogens is 4. The molecule has 0 saturated carbocycles. The first-order valence-electron chi connectivity index (χ1n) is 8.98. The Morgan fingerprint density at radius 1 is 1.14 bits per heavy atom. The molecule has 0 aliphatic carbocycles. The quantitative estimate of drug-likeness (QED) is 0.496. The minimum atomic E-state index is -0.0364. The molecule has 0 aliphatic heterocycles. The van der Waals surface area contributed by atoms with Crippen LogP contribution in [0, 0.1) is 0 Å². The van der Waals surface area contributed by atoms with Gasteiger partial charge in [-0.05, 0) is 35.6 Å². The smallest absolute Gasteiger partial charge is 0.248 e. The van der Waals surface area contributed by atoms with Crippen LogP contribution in [0.5, 0.6) is 0 Å². The van der Waals surface area contributed by atoms with Crippen LogP contribution in [0.25, 0.3) is 17.1 Å². The molecule has 0 unspecified atom stereocenters. The lowest BCUT2D eigenvalue weighted by Gasteiger charge is -2.03. The number of carbonyl (C=O) groups is 1. The van der Waals surface area contributed by atoms with Crippen LogP contribution in [0.3, 0.4) is 0 Å². The predicted octanol–water partition coefficient (Wildman–Crippen LogP) is 3.28. The van der Waals surface area contributed by atoms with Gasteiger partial charge >= 0.3 is 0 Å². The van der Waals surface area contributed by atoms with Crippen molar-refractivity contribution >= 4 is 17.2 Å². The Morgan fingerprint density at radius 3 is 2.86 bits per heavy atom. The minimum absolute atomic E-state index is 0.0364. The number of aryl methyl sites for hydroxylation is 1. The zero-order valence-electron chi connectivity index (χ0n) is 15.1. The zero-order chi connectivity index (χ0) is 19.2. The summed E-state index contributed by atoms with van der Waals surface area (Å²) in [4.78, 5) is 12.0. The lowest BCUT2D eigenvalue weighted by Crippen LogP contribution is -2.25. The Hall–Kier alpha value is -3.26. The molecule has 0 fully saturated rings. The SMILES string of the molecule is O=C(CCc1nnc(-c2ccsc2)o1)NCCc1cnn(-c2ccccc2)c1. The third kappa shape index (κ3) is 4.52. The van der Waals surface area contributed by atoms with E-state index in [-0.39, 0.29) is 5.91 Å². The second kappa shape index (κ2) is 8.62. The largest absolute Gasteiger partial charge is 0.421 e. The standard InChI is InChI=1S/C20H19N5O2S/c26-18(6-7-19-23-24-20(27-19)16-9-11-28-14-16)21-10-8-15-12-22-25(13-15)17-4-2-1-3-5-17/h1-5,9,11-14H,6-8,10H2,(H,21,26). The second-order valence-electron chi connectivity index (χ2n) is 6.24. The molecule has 0 bridgehead atoms.